The number of hydrogen-bond donors (Lipinski definition) is 0. The number of hydrogen-bond acceptors (Lipinski definition) is 3. The lowest BCUT2D eigenvalue weighted by Gasteiger charge is -2.09. The molecule has 0 saturated heterocycles. The molecule has 0 spiro atoms. The van der Waals surface area contributed by atoms with Crippen LogP contribution >= 0.6 is 0 Å². The van der Waals surface area contributed by atoms with Gasteiger partial charge in [0.2, 0.25) is 0 Å². The summed E-state index contributed by atoms with van der Waals surface area (Å²) in [6, 6.07) is 12.0. The first-order valence-electron chi connectivity index (χ1n) is 8.29. The number of nitrogens with zero attached hydrogens (tertiary/aromatic N) is 4. The van der Waals surface area contributed by atoms with Crippen molar-refractivity contribution in [3.05, 3.63) is 64.2 Å². The van der Waals surface area contributed by atoms with Gasteiger partial charge < -0.3 is 0 Å². The Kier molecular flexibility index (Phi) is 5.68. The fourth-order valence-electron chi connectivity index (χ4n) is 2.48. The van der Waals surface area contributed by atoms with Crippen LogP contribution in [0.5, 0.6) is 0 Å². The molecule has 0 fully saturated rings. The molecule has 3 aromatic rings. The molecule has 5 nitrogen and oxygen atoms in total. The quantitative estimate of drug-likeness (QED) is 0.740. The van der Waals surface area contributed by atoms with E-state index in [-0.39, 0.29) is 5.56 Å². The highest BCUT2D eigenvalue weighted by atomic mass is 16.1. The molecule has 0 aliphatic carbocycles. The van der Waals surface area contributed by atoms with E-state index in [0.29, 0.717) is 5.69 Å². The summed E-state index contributed by atoms with van der Waals surface area (Å²) >= 11 is 0. The molecule has 5 heteroatoms. The topological polar surface area (TPSA) is 52.7 Å². The van der Waals surface area contributed by atoms with Gasteiger partial charge in [-0.05, 0) is 19.4 Å². The van der Waals surface area contributed by atoms with E-state index in [1.807, 2.05) is 57.2 Å². The normalized spacial score (nSPS) is 10.2. The minimum absolute atomic E-state index is 0.141. The Bertz CT molecular complexity index is 863. The zero-order valence-corrected chi connectivity index (χ0v) is 14.9. The third-order valence-electron chi connectivity index (χ3n) is 3.72. The molecule has 0 atom stereocenters. The zero-order valence-electron chi connectivity index (χ0n) is 14.9. The van der Waals surface area contributed by atoms with Crippen LogP contribution in [0.25, 0.3) is 16.9 Å². The Labute approximate surface area is 142 Å². The van der Waals surface area contributed by atoms with Gasteiger partial charge in [0.25, 0.3) is 5.56 Å². The molecular weight excluding hydrogens is 300 g/mol. The van der Waals surface area contributed by atoms with Crippen LogP contribution < -0.4 is 5.56 Å². The summed E-state index contributed by atoms with van der Waals surface area (Å²) in [7, 11) is 1.65. The average molecular weight is 324 g/mol. The number of aromatic nitrogens is 4. The SMILES string of the molecule is CC.CCc1cc(-c2ccccc2)nn1-c1c(C)cnn(C)c1=O. The van der Waals surface area contributed by atoms with Crippen LogP contribution in [0.15, 0.2) is 47.4 Å². The van der Waals surface area contributed by atoms with E-state index in [1.165, 1.54) is 4.68 Å². The summed E-state index contributed by atoms with van der Waals surface area (Å²) in [6.07, 6.45) is 2.49. The van der Waals surface area contributed by atoms with E-state index in [2.05, 4.69) is 17.1 Å². The maximum Gasteiger partial charge on any atom is 0.292 e. The van der Waals surface area contributed by atoms with E-state index in [4.69, 9.17) is 0 Å². The maximum absolute atomic E-state index is 12.4. The molecule has 0 bridgehead atoms. The van der Waals surface area contributed by atoms with Gasteiger partial charge in [0.1, 0.15) is 5.69 Å². The lowest BCUT2D eigenvalue weighted by Crippen LogP contribution is -2.26. The van der Waals surface area contributed by atoms with E-state index >= 15 is 0 Å². The molecular formula is C19H24N4O. The standard InChI is InChI=1S/C17H18N4O.C2H6/c1-4-14-10-15(13-8-6-5-7-9-13)19-21(14)16-12(2)11-18-20(3)17(16)22;1-2/h5-11H,4H2,1-3H3;1-2H3. The monoisotopic (exact) mass is 324 g/mol. The molecule has 0 aliphatic rings. The smallest absolute Gasteiger partial charge is 0.265 e. The maximum atomic E-state index is 12.4. The van der Waals surface area contributed by atoms with Gasteiger partial charge in [-0.25, -0.2) is 9.36 Å². The van der Waals surface area contributed by atoms with Crippen molar-refractivity contribution in [2.75, 3.05) is 0 Å². The van der Waals surface area contributed by atoms with Gasteiger partial charge in [-0.1, -0.05) is 51.1 Å². The fourth-order valence-corrected chi connectivity index (χ4v) is 2.48. The van der Waals surface area contributed by atoms with Crippen LogP contribution in [-0.4, -0.2) is 19.6 Å². The molecule has 0 saturated carbocycles. The number of aryl methyl sites for hydroxylation is 3. The highest BCUT2D eigenvalue weighted by Gasteiger charge is 2.15. The van der Waals surface area contributed by atoms with Gasteiger partial charge in [-0.2, -0.15) is 10.2 Å². The van der Waals surface area contributed by atoms with Crippen molar-refractivity contribution in [3.8, 4) is 16.9 Å². The molecule has 126 valence electrons. The first-order valence-corrected chi connectivity index (χ1v) is 8.29. The minimum Gasteiger partial charge on any atom is -0.265 e. The molecule has 2 heterocycles. The zero-order chi connectivity index (χ0) is 17.7. The van der Waals surface area contributed by atoms with Gasteiger partial charge in [0, 0.05) is 23.9 Å². The second-order valence-electron chi connectivity index (χ2n) is 5.26. The van der Waals surface area contributed by atoms with Crippen molar-refractivity contribution in [2.24, 2.45) is 7.05 Å². The van der Waals surface area contributed by atoms with Crippen molar-refractivity contribution >= 4 is 0 Å². The molecule has 1 aromatic carbocycles. The molecule has 0 N–H and O–H groups in total. The predicted octanol–water partition coefficient (Wildman–Crippen LogP) is 3.53. The average Bonchev–Trinajstić information content (AvgIpc) is 3.05. The van der Waals surface area contributed by atoms with Crippen molar-refractivity contribution in [2.45, 2.75) is 34.1 Å². The molecule has 24 heavy (non-hydrogen) atoms. The van der Waals surface area contributed by atoms with Gasteiger partial charge in [-0.15, -0.1) is 0 Å². The Hall–Kier alpha value is -2.69. The molecule has 0 amide bonds. The summed E-state index contributed by atoms with van der Waals surface area (Å²) in [5, 5.41) is 8.71. The Balaban J connectivity index is 0.00000100. The minimum atomic E-state index is -0.141. The van der Waals surface area contributed by atoms with Crippen molar-refractivity contribution in [1.82, 2.24) is 19.6 Å². The number of benzene rings is 1. The summed E-state index contributed by atoms with van der Waals surface area (Å²) in [5.74, 6) is 0. The van der Waals surface area contributed by atoms with E-state index < -0.39 is 0 Å². The lowest BCUT2D eigenvalue weighted by molar-refractivity contribution is 0.677. The fraction of sp³-hybridized carbons (Fsp3) is 0.316. The van der Waals surface area contributed by atoms with Gasteiger partial charge in [0.15, 0.2) is 0 Å². The van der Waals surface area contributed by atoms with Crippen LogP contribution in [0.1, 0.15) is 32.0 Å². The molecule has 0 aliphatic heterocycles. The molecule has 0 radical (unpaired) electrons. The highest BCUT2D eigenvalue weighted by Crippen LogP contribution is 2.21. The van der Waals surface area contributed by atoms with Crippen molar-refractivity contribution in [3.63, 3.8) is 0 Å². The molecule has 2 aromatic heterocycles. The molecule has 3 rings (SSSR count). The largest absolute Gasteiger partial charge is 0.292 e. The van der Waals surface area contributed by atoms with Gasteiger partial charge in [-0.3, -0.25) is 4.79 Å². The van der Waals surface area contributed by atoms with Crippen LogP contribution in [0.4, 0.5) is 0 Å². The summed E-state index contributed by atoms with van der Waals surface area (Å²) < 4.78 is 3.09. The summed E-state index contributed by atoms with van der Waals surface area (Å²) in [4.78, 5) is 12.4. The summed E-state index contributed by atoms with van der Waals surface area (Å²) in [5.41, 5.74) is 4.16. The third-order valence-corrected chi connectivity index (χ3v) is 3.72. The van der Waals surface area contributed by atoms with Crippen molar-refractivity contribution in [1.29, 1.82) is 0 Å². The Morgan fingerprint density at radius 3 is 2.42 bits per heavy atom. The van der Waals surface area contributed by atoms with Crippen LogP contribution in [0, 0.1) is 6.92 Å². The summed E-state index contributed by atoms with van der Waals surface area (Å²) in [6.45, 7) is 7.94. The first-order chi connectivity index (χ1) is 11.6. The van der Waals surface area contributed by atoms with Crippen molar-refractivity contribution < 1.29 is 0 Å². The van der Waals surface area contributed by atoms with Crippen LogP contribution in [0.2, 0.25) is 0 Å². The van der Waals surface area contributed by atoms with Gasteiger partial charge >= 0.3 is 0 Å². The second-order valence-corrected chi connectivity index (χ2v) is 5.26. The Morgan fingerprint density at radius 1 is 1.12 bits per heavy atom. The predicted molar refractivity (Wildman–Crippen MR) is 97.5 cm³/mol. The first kappa shape index (κ1) is 17.7. The van der Waals surface area contributed by atoms with E-state index in [0.717, 1.165) is 28.9 Å². The number of rotatable bonds is 3. The van der Waals surface area contributed by atoms with Crippen LogP contribution in [0.3, 0.4) is 0 Å². The lowest BCUT2D eigenvalue weighted by atomic mass is 10.1. The van der Waals surface area contributed by atoms with Gasteiger partial charge in [0.05, 0.1) is 11.9 Å². The van der Waals surface area contributed by atoms with Crippen LogP contribution in [-0.2, 0) is 13.5 Å². The second kappa shape index (κ2) is 7.73. The van der Waals surface area contributed by atoms with E-state index in [9.17, 15) is 4.79 Å². The Morgan fingerprint density at radius 2 is 1.79 bits per heavy atom. The highest BCUT2D eigenvalue weighted by molar-refractivity contribution is 5.60. The van der Waals surface area contributed by atoms with E-state index in [1.54, 1.807) is 17.9 Å². The molecule has 0 unspecified atom stereocenters. The third kappa shape index (κ3) is 3.30.